The normalized spacial score (nSPS) is 14.0. The van der Waals surface area contributed by atoms with Gasteiger partial charge in [-0.1, -0.05) is 96.2 Å². The lowest BCUT2D eigenvalue weighted by molar-refractivity contribution is 0.300. The summed E-state index contributed by atoms with van der Waals surface area (Å²) in [6.07, 6.45) is 10.5. The van der Waals surface area contributed by atoms with Crippen LogP contribution in [0, 0.1) is 12.3 Å². The van der Waals surface area contributed by atoms with Crippen molar-refractivity contribution < 1.29 is 4.74 Å². The summed E-state index contributed by atoms with van der Waals surface area (Å²) in [6, 6.07) is 15.7. The number of benzene rings is 2. The maximum Gasteiger partial charge on any atom is 0.122 e. The van der Waals surface area contributed by atoms with E-state index in [0.717, 1.165) is 28.2 Å². The van der Waals surface area contributed by atoms with Gasteiger partial charge in [0.25, 0.3) is 0 Å². The lowest BCUT2D eigenvalue weighted by Gasteiger charge is -2.20. The summed E-state index contributed by atoms with van der Waals surface area (Å²) in [5, 5.41) is 1.31. The van der Waals surface area contributed by atoms with Crippen LogP contribution in [0.2, 0.25) is 0 Å². The van der Waals surface area contributed by atoms with E-state index in [1.807, 2.05) is 32.1 Å². The first kappa shape index (κ1) is 30.0. The standard InChI is InChI=1S/C37H47NO/c1-13-26(3)35(39-12)22-25(2)14-15-29-16-19-31(20-17-29)38-28(5)32(23-27(4)36(6,7)8)33-24-30(37(9,10)11)18-21-34(33)38/h13-24H,2H2,1,3-12H3/b15-14+,26-13-,27-23+,35-22+. The largest absolute Gasteiger partial charge is 0.496 e. The van der Waals surface area contributed by atoms with Crippen LogP contribution >= 0.6 is 0 Å². The topological polar surface area (TPSA) is 14.2 Å². The van der Waals surface area contributed by atoms with E-state index in [0.29, 0.717) is 0 Å². The Hall–Kier alpha value is -3.52. The Morgan fingerprint density at radius 2 is 1.59 bits per heavy atom. The zero-order chi connectivity index (χ0) is 29.1. The molecule has 206 valence electrons. The molecule has 0 amide bonds. The highest BCUT2D eigenvalue weighted by Crippen LogP contribution is 2.36. The van der Waals surface area contributed by atoms with E-state index >= 15 is 0 Å². The number of aromatic nitrogens is 1. The molecule has 3 aromatic rings. The molecule has 0 bridgehead atoms. The van der Waals surface area contributed by atoms with Crippen LogP contribution in [0.15, 0.2) is 89.8 Å². The number of hydrogen-bond donors (Lipinski definition) is 0. The average molecular weight is 522 g/mol. The third kappa shape index (κ3) is 6.92. The van der Waals surface area contributed by atoms with E-state index in [1.165, 1.54) is 33.3 Å². The van der Waals surface area contributed by atoms with E-state index in [1.54, 1.807) is 7.11 Å². The van der Waals surface area contributed by atoms with Crippen molar-refractivity contribution in [2.45, 2.75) is 74.7 Å². The second kappa shape index (κ2) is 11.7. The Kier molecular flexibility index (Phi) is 9.01. The van der Waals surface area contributed by atoms with Gasteiger partial charge in [-0.25, -0.2) is 0 Å². The first-order chi connectivity index (χ1) is 18.2. The summed E-state index contributed by atoms with van der Waals surface area (Å²) in [6.45, 7) is 26.4. The monoisotopic (exact) mass is 521 g/mol. The molecule has 39 heavy (non-hydrogen) atoms. The quantitative estimate of drug-likeness (QED) is 0.223. The maximum absolute atomic E-state index is 5.50. The molecule has 0 radical (unpaired) electrons. The highest BCUT2D eigenvalue weighted by Gasteiger charge is 2.20. The summed E-state index contributed by atoms with van der Waals surface area (Å²) in [5.74, 6) is 0.832. The fourth-order valence-electron chi connectivity index (χ4n) is 4.49. The number of rotatable bonds is 7. The summed E-state index contributed by atoms with van der Waals surface area (Å²) in [5.41, 5.74) is 11.0. The Bertz CT molecular complexity index is 1470. The van der Waals surface area contributed by atoms with Gasteiger partial charge in [0.15, 0.2) is 0 Å². The number of nitrogens with zero attached hydrogens (tertiary/aromatic N) is 1. The molecule has 0 N–H and O–H groups in total. The van der Waals surface area contributed by atoms with Gasteiger partial charge < -0.3 is 9.30 Å². The minimum atomic E-state index is 0.0902. The second-order valence-corrected chi connectivity index (χ2v) is 12.6. The van der Waals surface area contributed by atoms with Crippen LogP contribution in [0.25, 0.3) is 28.7 Å². The van der Waals surface area contributed by atoms with Gasteiger partial charge in [0.05, 0.1) is 12.6 Å². The molecule has 2 nitrogen and oxygen atoms in total. The molecule has 1 heterocycles. The summed E-state index contributed by atoms with van der Waals surface area (Å²) in [7, 11) is 1.69. The molecular formula is C37H47NO. The van der Waals surface area contributed by atoms with Crippen LogP contribution in [-0.4, -0.2) is 11.7 Å². The molecule has 2 aromatic carbocycles. The zero-order valence-corrected chi connectivity index (χ0v) is 26.0. The summed E-state index contributed by atoms with van der Waals surface area (Å²) >= 11 is 0. The Morgan fingerprint density at radius 3 is 2.13 bits per heavy atom. The smallest absolute Gasteiger partial charge is 0.122 e. The Morgan fingerprint density at radius 1 is 0.949 bits per heavy atom. The lowest BCUT2D eigenvalue weighted by atomic mass is 9.84. The highest BCUT2D eigenvalue weighted by molar-refractivity contribution is 5.93. The molecular weight excluding hydrogens is 474 g/mol. The van der Waals surface area contributed by atoms with Crippen LogP contribution in [0.4, 0.5) is 0 Å². The van der Waals surface area contributed by atoms with Gasteiger partial charge in [0.2, 0.25) is 0 Å². The van der Waals surface area contributed by atoms with Gasteiger partial charge in [-0.2, -0.15) is 0 Å². The van der Waals surface area contributed by atoms with Crippen molar-refractivity contribution in [2.75, 3.05) is 7.11 Å². The van der Waals surface area contributed by atoms with Crippen molar-refractivity contribution >= 4 is 23.1 Å². The Labute approximate surface area is 237 Å². The number of fused-ring (bicyclic) bond motifs is 1. The van der Waals surface area contributed by atoms with Crippen LogP contribution in [0.1, 0.15) is 84.7 Å². The minimum Gasteiger partial charge on any atom is -0.496 e. The number of ether oxygens (including phenoxy) is 1. The molecule has 3 rings (SSSR count). The van der Waals surface area contributed by atoms with Crippen molar-refractivity contribution in [1.29, 1.82) is 0 Å². The second-order valence-electron chi connectivity index (χ2n) is 12.6. The third-order valence-electron chi connectivity index (χ3n) is 7.66. The van der Waals surface area contributed by atoms with Gasteiger partial charge in [-0.05, 0) is 91.1 Å². The fourth-order valence-corrected chi connectivity index (χ4v) is 4.49. The van der Waals surface area contributed by atoms with Gasteiger partial charge in [-0.15, -0.1) is 0 Å². The summed E-state index contributed by atoms with van der Waals surface area (Å²) in [4.78, 5) is 0. The van der Waals surface area contributed by atoms with Gasteiger partial charge in [0, 0.05) is 22.3 Å². The van der Waals surface area contributed by atoms with E-state index in [9.17, 15) is 0 Å². The molecule has 0 saturated carbocycles. The third-order valence-corrected chi connectivity index (χ3v) is 7.66. The molecule has 0 spiro atoms. The number of methoxy groups -OCH3 is 1. The SMILES string of the molecule is C=C(/C=C/c1ccc(-n2c(C)c(/C=C(\C)C(C)(C)C)c3cc(C(C)(C)C)ccc32)cc1)/C=C(OC)\C(C)=C/C. The first-order valence-electron chi connectivity index (χ1n) is 13.9. The maximum atomic E-state index is 5.50. The van der Waals surface area contributed by atoms with E-state index in [2.05, 4.69) is 121 Å². The van der Waals surface area contributed by atoms with Crippen molar-refractivity contribution in [3.05, 3.63) is 112 Å². The number of allylic oxidation sites excluding steroid dienone is 6. The fraction of sp³-hybridized carbons (Fsp3) is 0.351. The van der Waals surface area contributed by atoms with Crippen LogP contribution in [0.5, 0.6) is 0 Å². The van der Waals surface area contributed by atoms with E-state index < -0.39 is 0 Å². The molecule has 0 atom stereocenters. The van der Waals surface area contributed by atoms with Crippen LogP contribution in [-0.2, 0) is 10.2 Å². The molecule has 0 aliphatic rings. The zero-order valence-electron chi connectivity index (χ0n) is 26.0. The minimum absolute atomic E-state index is 0.0902. The van der Waals surface area contributed by atoms with Crippen molar-refractivity contribution in [2.24, 2.45) is 5.41 Å². The van der Waals surface area contributed by atoms with Gasteiger partial charge in [-0.3, -0.25) is 0 Å². The summed E-state index contributed by atoms with van der Waals surface area (Å²) < 4.78 is 7.89. The van der Waals surface area contributed by atoms with Crippen molar-refractivity contribution in [3.8, 4) is 5.69 Å². The van der Waals surface area contributed by atoms with E-state index in [-0.39, 0.29) is 10.8 Å². The number of hydrogen-bond acceptors (Lipinski definition) is 1. The predicted molar refractivity (Wildman–Crippen MR) is 173 cm³/mol. The highest BCUT2D eigenvalue weighted by atomic mass is 16.5. The molecule has 0 aliphatic carbocycles. The first-order valence-corrected chi connectivity index (χ1v) is 13.9. The lowest BCUT2D eigenvalue weighted by Crippen LogP contribution is -2.10. The molecule has 0 aliphatic heterocycles. The molecule has 0 fully saturated rings. The molecule has 0 unspecified atom stereocenters. The van der Waals surface area contributed by atoms with Crippen LogP contribution in [0.3, 0.4) is 0 Å². The average Bonchev–Trinajstić information content (AvgIpc) is 3.15. The molecule has 1 aromatic heterocycles. The van der Waals surface area contributed by atoms with E-state index in [4.69, 9.17) is 4.74 Å². The van der Waals surface area contributed by atoms with Crippen molar-refractivity contribution in [3.63, 3.8) is 0 Å². The predicted octanol–water partition coefficient (Wildman–Crippen LogP) is 10.8. The molecule has 0 saturated heterocycles. The van der Waals surface area contributed by atoms with Gasteiger partial charge in [0.1, 0.15) is 5.76 Å². The Balaban J connectivity index is 2.06. The molecule has 2 heteroatoms. The van der Waals surface area contributed by atoms with Gasteiger partial charge >= 0.3 is 0 Å². The van der Waals surface area contributed by atoms with Crippen LogP contribution < -0.4 is 0 Å². The van der Waals surface area contributed by atoms with Crippen molar-refractivity contribution in [1.82, 2.24) is 4.57 Å².